The van der Waals surface area contributed by atoms with Crippen molar-refractivity contribution >= 4 is 17.5 Å². The van der Waals surface area contributed by atoms with Crippen molar-refractivity contribution < 1.29 is 19.5 Å². The van der Waals surface area contributed by atoms with Crippen LogP contribution in [0.3, 0.4) is 0 Å². The van der Waals surface area contributed by atoms with Crippen LogP contribution < -0.4 is 0 Å². The number of aliphatic carboxylic acids is 1. The van der Waals surface area contributed by atoms with Crippen LogP contribution in [0, 0.1) is 28.1 Å². The monoisotopic (exact) mass is 478 g/mol. The van der Waals surface area contributed by atoms with Gasteiger partial charge in [-0.2, -0.15) is 0 Å². The van der Waals surface area contributed by atoms with Gasteiger partial charge in [-0.05, 0) is 75.9 Å². The van der Waals surface area contributed by atoms with Gasteiger partial charge in [0.15, 0.2) is 5.78 Å². The summed E-state index contributed by atoms with van der Waals surface area (Å²) in [6.07, 6.45) is 13.6. The first-order valence-corrected chi connectivity index (χ1v) is 12.9. The van der Waals surface area contributed by atoms with Crippen LogP contribution in [0.2, 0.25) is 0 Å². The minimum Gasteiger partial charge on any atom is -0.478 e. The van der Waals surface area contributed by atoms with Crippen molar-refractivity contribution in [2.45, 2.75) is 87.5 Å². The van der Waals surface area contributed by atoms with Crippen molar-refractivity contribution in [2.24, 2.45) is 28.1 Å². The van der Waals surface area contributed by atoms with Crippen LogP contribution >= 0.6 is 0 Å². The van der Waals surface area contributed by atoms with Crippen molar-refractivity contribution in [3.05, 3.63) is 58.2 Å². The minimum atomic E-state index is -0.916. The van der Waals surface area contributed by atoms with E-state index in [2.05, 4.69) is 27.7 Å². The third kappa shape index (κ3) is 4.81. The normalized spacial score (nSPS) is 35.3. The number of hydrogen-bond acceptors (Lipinski definition) is 3. The van der Waals surface area contributed by atoms with E-state index in [4.69, 9.17) is 5.11 Å². The Kier molecular flexibility index (Phi) is 7.37. The van der Waals surface area contributed by atoms with Gasteiger partial charge in [-0.3, -0.25) is 9.59 Å². The summed E-state index contributed by atoms with van der Waals surface area (Å²) in [5.41, 5.74) is 3.74. The van der Waals surface area contributed by atoms with Gasteiger partial charge in [0.2, 0.25) is 0 Å². The molecule has 3 fully saturated rings. The molecule has 3 rings (SSSR count). The summed E-state index contributed by atoms with van der Waals surface area (Å²) >= 11 is 0. The highest BCUT2D eigenvalue weighted by molar-refractivity contribution is 6.01. The second-order valence-corrected chi connectivity index (χ2v) is 12.2. The first kappa shape index (κ1) is 27.1. The van der Waals surface area contributed by atoms with Gasteiger partial charge >= 0.3 is 5.97 Å². The lowest BCUT2D eigenvalue weighted by molar-refractivity contribution is -0.154. The Balaban J connectivity index is 1.88. The van der Waals surface area contributed by atoms with Gasteiger partial charge in [0, 0.05) is 34.8 Å². The number of ketones is 2. The zero-order valence-corrected chi connectivity index (χ0v) is 22.7. The molecule has 3 aliphatic carbocycles. The molecule has 4 nitrogen and oxygen atoms in total. The summed E-state index contributed by atoms with van der Waals surface area (Å²) in [7, 11) is 0. The van der Waals surface area contributed by atoms with Gasteiger partial charge in [-0.25, -0.2) is 4.79 Å². The molecule has 3 saturated carbocycles. The molecule has 0 amide bonds. The summed E-state index contributed by atoms with van der Waals surface area (Å²) in [4.78, 5) is 37.1. The van der Waals surface area contributed by atoms with E-state index in [-0.39, 0.29) is 27.9 Å². The maximum Gasteiger partial charge on any atom is 0.331 e. The molecule has 1 N–H and O–H groups in total. The maximum atomic E-state index is 13.4. The van der Waals surface area contributed by atoms with Gasteiger partial charge in [-0.15, -0.1) is 0 Å². The van der Waals surface area contributed by atoms with Crippen molar-refractivity contribution in [1.82, 2.24) is 0 Å². The SMILES string of the molecule is CC(/C=C/C=C(C)/C=C(C)/C=C(\C)C(=O)O)=C1/C(=O)C[C@H]2[C@@]3(C)CCC(=O)C(C)(C)C3CC[C@]12C. The molecule has 4 heteroatoms. The van der Waals surface area contributed by atoms with Gasteiger partial charge < -0.3 is 5.11 Å². The average Bonchev–Trinajstić information content (AvgIpc) is 3.02. The molecule has 0 aromatic carbocycles. The average molecular weight is 479 g/mol. The highest BCUT2D eigenvalue weighted by Gasteiger charge is 2.64. The summed E-state index contributed by atoms with van der Waals surface area (Å²) in [5.74, 6) is 0.335. The Hall–Kier alpha value is -2.49. The van der Waals surface area contributed by atoms with Crippen LogP contribution in [0.1, 0.15) is 87.5 Å². The van der Waals surface area contributed by atoms with Crippen molar-refractivity contribution in [3.63, 3.8) is 0 Å². The fraction of sp³-hybridized carbons (Fsp3) is 0.581. The van der Waals surface area contributed by atoms with Crippen molar-refractivity contribution in [2.75, 3.05) is 0 Å². The molecule has 190 valence electrons. The minimum absolute atomic E-state index is 0.00618. The predicted octanol–water partition coefficient (Wildman–Crippen LogP) is 7.18. The standard InChI is InChI=1S/C31H42O4/c1-19(16-20(2)17-22(4)28(34)35)10-9-11-21(3)27-23(32)18-25-30(7)15-13-26(33)29(5,6)24(30)12-14-31(25,27)8/h9-11,16-17,24-25H,12-15,18H2,1-8H3,(H,34,35)/b11-9+,19-10+,20-16+,22-17+,27-21+/t24?,25-,30-,31-/m0/s1. The number of Topliss-reactive ketones (excluding diaryl/α,β-unsaturated/α-hetero) is 2. The fourth-order valence-electron chi connectivity index (χ4n) is 7.67. The van der Waals surface area contributed by atoms with Crippen LogP contribution in [0.15, 0.2) is 58.2 Å². The predicted molar refractivity (Wildman–Crippen MR) is 141 cm³/mol. The summed E-state index contributed by atoms with van der Waals surface area (Å²) in [6.45, 7) is 16.4. The molecular weight excluding hydrogens is 436 g/mol. The van der Waals surface area contributed by atoms with E-state index < -0.39 is 5.97 Å². The number of rotatable bonds is 5. The number of hydrogen-bond donors (Lipinski definition) is 1. The molecule has 0 radical (unpaired) electrons. The second kappa shape index (κ2) is 9.52. The number of fused-ring (bicyclic) bond motifs is 3. The van der Waals surface area contributed by atoms with Crippen LogP contribution in [0.5, 0.6) is 0 Å². The zero-order chi connectivity index (χ0) is 26.3. The molecule has 3 aliphatic rings. The van der Waals surface area contributed by atoms with Crippen LogP contribution in [0.4, 0.5) is 0 Å². The first-order chi connectivity index (χ1) is 16.1. The molecule has 0 aromatic heterocycles. The molecule has 0 heterocycles. The van der Waals surface area contributed by atoms with Gasteiger partial charge in [0.25, 0.3) is 0 Å². The Morgan fingerprint density at radius 3 is 2.23 bits per heavy atom. The molecular formula is C31H42O4. The van der Waals surface area contributed by atoms with E-state index in [1.165, 1.54) is 0 Å². The van der Waals surface area contributed by atoms with Gasteiger partial charge in [0.05, 0.1) is 0 Å². The van der Waals surface area contributed by atoms with Crippen LogP contribution in [0.25, 0.3) is 0 Å². The lowest BCUT2D eigenvalue weighted by Gasteiger charge is -2.60. The van der Waals surface area contributed by atoms with E-state index in [0.29, 0.717) is 30.1 Å². The topological polar surface area (TPSA) is 71.4 Å². The molecule has 0 bridgehead atoms. The van der Waals surface area contributed by atoms with E-state index >= 15 is 0 Å². The summed E-state index contributed by atoms with van der Waals surface area (Å²) in [5, 5.41) is 9.04. The Labute approximate surface area is 211 Å². The molecule has 1 unspecified atom stereocenters. The smallest absolute Gasteiger partial charge is 0.331 e. The van der Waals surface area contributed by atoms with E-state index in [1.54, 1.807) is 13.0 Å². The van der Waals surface area contributed by atoms with Crippen molar-refractivity contribution in [3.8, 4) is 0 Å². The van der Waals surface area contributed by atoms with Crippen LogP contribution in [-0.4, -0.2) is 22.6 Å². The Bertz CT molecular complexity index is 1090. The zero-order valence-electron chi connectivity index (χ0n) is 22.7. The largest absolute Gasteiger partial charge is 0.478 e. The molecule has 0 saturated heterocycles. The molecule has 0 spiro atoms. The Morgan fingerprint density at radius 2 is 1.60 bits per heavy atom. The van der Waals surface area contributed by atoms with E-state index in [9.17, 15) is 14.4 Å². The van der Waals surface area contributed by atoms with Crippen LogP contribution in [-0.2, 0) is 14.4 Å². The lowest BCUT2D eigenvalue weighted by atomic mass is 9.43. The Morgan fingerprint density at radius 1 is 0.943 bits per heavy atom. The fourth-order valence-corrected chi connectivity index (χ4v) is 7.67. The third-order valence-electron chi connectivity index (χ3n) is 9.37. The molecule has 35 heavy (non-hydrogen) atoms. The number of allylic oxidation sites excluding steroid dienone is 9. The van der Waals surface area contributed by atoms with E-state index in [0.717, 1.165) is 41.6 Å². The number of carboxylic acids is 1. The number of carbonyl (C=O) groups excluding carboxylic acids is 2. The molecule has 0 aromatic rings. The summed E-state index contributed by atoms with van der Waals surface area (Å²) < 4.78 is 0. The van der Waals surface area contributed by atoms with Gasteiger partial charge in [-0.1, -0.05) is 63.1 Å². The quantitative estimate of drug-likeness (QED) is 0.335. The molecule has 0 aliphatic heterocycles. The number of carbonyl (C=O) groups is 3. The second-order valence-electron chi connectivity index (χ2n) is 12.2. The summed E-state index contributed by atoms with van der Waals surface area (Å²) in [6, 6.07) is 0. The maximum absolute atomic E-state index is 13.4. The third-order valence-corrected chi connectivity index (χ3v) is 9.37. The number of carboxylic acid groups (broad SMARTS) is 1. The highest BCUT2D eigenvalue weighted by atomic mass is 16.4. The molecule has 4 atom stereocenters. The highest BCUT2D eigenvalue weighted by Crippen LogP contribution is 2.68. The lowest BCUT2D eigenvalue weighted by Crippen LogP contribution is -2.56. The van der Waals surface area contributed by atoms with E-state index in [1.807, 2.05) is 45.1 Å². The first-order valence-electron chi connectivity index (χ1n) is 12.9. The van der Waals surface area contributed by atoms with Gasteiger partial charge in [0.1, 0.15) is 5.78 Å². The van der Waals surface area contributed by atoms with Crippen molar-refractivity contribution in [1.29, 1.82) is 0 Å².